The first-order chi connectivity index (χ1) is 15.7. The molecule has 4 heteroatoms. The van der Waals surface area contributed by atoms with E-state index in [1.807, 2.05) is 12.1 Å². The molecule has 3 N–H and O–H groups in total. The molecule has 0 fully saturated rings. The van der Waals surface area contributed by atoms with E-state index in [9.17, 15) is 4.79 Å². The van der Waals surface area contributed by atoms with Gasteiger partial charge in [0.05, 0.1) is 0 Å². The summed E-state index contributed by atoms with van der Waals surface area (Å²) in [6, 6.07) is 36.0. The number of hydrogen-bond donors (Lipinski definition) is 2. The van der Waals surface area contributed by atoms with Crippen molar-refractivity contribution in [3.63, 3.8) is 0 Å². The maximum absolute atomic E-state index is 11.2. The highest BCUT2D eigenvalue weighted by Gasteiger charge is 2.13. The Labute approximate surface area is 188 Å². The van der Waals surface area contributed by atoms with E-state index in [2.05, 4.69) is 78.1 Å². The molecular formula is C28H26N2O2. The van der Waals surface area contributed by atoms with Crippen LogP contribution in [0.5, 0.6) is 11.5 Å². The van der Waals surface area contributed by atoms with Crippen LogP contribution in [-0.4, -0.2) is 12.5 Å². The minimum atomic E-state index is -0.449. The van der Waals surface area contributed by atoms with Crippen molar-refractivity contribution in [1.82, 2.24) is 5.32 Å². The molecule has 0 aliphatic heterocycles. The highest BCUT2D eigenvalue weighted by molar-refractivity contribution is 5.92. The van der Waals surface area contributed by atoms with Gasteiger partial charge < -0.3 is 15.8 Å². The molecule has 4 nitrogen and oxygen atoms in total. The van der Waals surface area contributed by atoms with Gasteiger partial charge in [-0.2, -0.15) is 0 Å². The summed E-state index contributed by atoms with van der Waals surface area (Å²) in [5.41, 5.74) is 9.52. The van der Waals surface area contributed by atoms with Crippen molar-refractivity contribution in [3.05, 3.63) is 131 Å². The second-order valence-electron chi connectivity index (χ2n) is 7.64. The fourth-order valence-electron chi connectivity index (χ4n) is 3.66. The quantitative estimate of drug-likeness (QED) is 0.374. The van der Waals surface area contributed by atoms with Gasteiger partial charge in [-0.3, -0.25) is 4.79 Å². The monoisotopic (exact) mass is 422 g/mol. The smallest absolute Gasteiger partial charge is 0.248 e. The molecule has 160 valence electrons. The number of hydrogen-bond acceptors (Lipinski definition) is 3. The van der Waals surface area contributed by atoms with Crippen LogP contribution in [0.1, 0.15) is 33.0 Å². The summed E-state index contributed by atoms with van der Waals surface area (Å²) in [5.74, 6) is 1.25. The number of carbonyl (C=O) groups is 1. The van der Waals surface area contributed by atoms with E-state index in [4.69, 9.17) is 10.5 Å². The van der Waals surface area contributed by atoms with Gasteiger partial charge in [-0.25, -0.2) is 0 Å². The van der Waals surface area contributed by atoms with Gasteiger partial charge in [0.1, 0.15) is 11.5 Å². The summed E-state index contributed by atoms with van der Waals surface area (Å²) in [4.78, 5) is 11.2. The summed E-state index contributed by atoms with van der Waals surface area (Å²) in [5, 5.41) is 3.60. The van der Waals surface area contributed by atoms with Gasteiger partial charge in [-0.1, -0.05) is 72.8 Å². The van der Waals surface area contributed by atoms with E-state index < -0.39 is 5.91 Å². The molecular weight excluding hydrogens is 396 g/mol. The Kier molecular flexibility index (Phi) is 6.95. The van der Waals surface area contributed by atoms with Crippen molar-refractivity contribution in [2.45, 2.75) is 12.5 Å². The molecule has 4 aromatic rings. The molecule has 0 atom stereocenters. The number of nitrogens with two attached hydrogens (primary N) is 1. The van der Waals surface area contributed by atoms with E-state index in [0.717, 1.165) is 18.8 Å². The molecule has 0 saturated carbocycles. The topological polar surface area (TPSA) is 64.4 Å². The summed E-state index contributed by atoms with van der Waals surface area (Å²) in [6.07, 6.45) is 0. The zero-order valence-electron chi connectivity index (χ0n) is 17.8. The molecule has 4 rings (SSSR count). The second kappa shape index (κ2) is 10.4. The predicted molar refractivity (Wildman–Crippen MR) is 128 cm³/mol. The van der Waals surface area contributed by atoms with Gasteiger partial charge in [0.2, 0.25) is 5.91 Å². The molecule has 0 aliphatic rings. The Bertz CT molecular complexity index is 1090. The molecule has 0 unspecified atom stereocenters. The number of nitrogens with one attached hydrogen (secondary N) is 1. The minimum absolute atomic E-state index is 0.295. The standard InChI is InChI=1S/C28H26N2O2/c29-28(31)24-13-17-26(18-14-24)32-25-15-11-21(12-16-25)19-30-20-27(22-7-3-1-4-8-22)23-9-5-2-6-10-23/h1-18,27,30H,19-20H2,(H2,29,31). The lowest BCUT2D eigenvalue weighted by Gasteiger charge is -2.19. The lowest BCUT2D eigenvalue weighted by Crippen LogP contribution is -2.22. The molecule has 4 aromatic carbocycles. The largest absolute Gasteiger partial charge is 0.457 e. The maximum Gasteiger partial charge on any atom is 0.248 e. The summed E-state index contributed by atoms with van der Waals surface area (Å²) < 4.78 is 5.85. The van der Waals surface area contributed by atoms with Gasteiger partial charge in [0.25, 0.3) is 0 Å². The molecule has 0 saturated heterocycles. The first-order valence-electron chi connectivity index (χ1n) is 10.7. The number of carbonyl (C=O) groups excluding carboxylic acids is 1. The Morgan fingerprint density at radius 1 is 0.719 bits per heavy atom. The van der Waals surface area contributed by atoms with Crippen molar-refractivity contribution in [3.8, 4) is 11.5 Å². The van der Waals surface area contributed by atoms with Crippen LogP contribution in [0.4, 0.5) is 0 Å². The molecule has 32 heavy (non-hydrogen) atoms. The number of amides is 1. The number of primary amides is 1. The second-order valence-corrected chi connectivity index (χ2v) is 7.64. The number of rotatable bonds is 9. The normalized spacial score (nSPS) is 10.8. The zero-order valence-corrected chi connectivity index (χ0v) is 17.8. The Hall–Kier alpha value is -3.89. The van der Waals surface area contributed by atoms with Crippen molar-refractivity contribution in [1.29, 1.82) is 0 Å². The molecule has 0 heterocycles. The van der Waals surface area contributed by atoms with Crippen molar-refractivity contribution in [2.24, 2.45) is 5.73 Å². The summed E-state index contributed by atoms with van der Waals surface area (Å²) in [7, 11) is 0. The maximum atomic E-state index is 11.2. The minimum Gasteiger partial charge on any atom is -0.457 e. The number of benzene rings is 4. The van der Waals surface area contributed by atoms with Crippen LogP contribution in [0.15, 0.2) is 109 Å². The third-order valence-corrected chi connectivity index (χ3v) is 5.38. The van der Waals surface area contributed by atoms with Crippen LogP contribution >= 0.6 is 0 Å². The van der Waals surface area contributed by atoms with Crippen LogP contribution in [0, 0.1) is 0 Å². The lowest BCUT2D eigenvalue weighted by atomic mass is 9.91. The first-order valence-corrected chi connectivity index (χ1v) is 10.7. The molecule has 1 amide bonds. The Balaban J connectivity index is 1.35. The van der Waals surface area contributed by atoms with Crippen molar-refractivity contribution in [2.75, 3.05) is 6.54 Å². The van der Waals surface area contributed by atoms with Crippen molar-refractivity contribution < 1.29 is 9.53 Å². The predicted octanol–water partition coefficient (Wildman–Crippen LogP) is 5.50. The van der Waals surface area contributed by atoms with Crippen LogP contribution in [0.3, 0.4) is 0 Å². The SMILES string of the molecule is NC(=O)c1ccc(Oc2ccc(CNCC(c3ccccc3)c3ccccc3)cc2)cc1. The Morgan fingerprint density at radius 2 is 1.22 bits per heavy atom. The van der Waals surface area contributed by atoms with E-state index in [1.165, 1.54) is 16.7 Å². The number of ether oxygens (including phenoxy) is 1. The average molecular weight is 423 g/mol. The Morgan fingerprint density at radius 3 is 1.72 bits per heavy atom. The molecule has 0 aliphatic carbocycles. The fourth-order valence-corrected chi connectivity index (χ4v) is 3.66. The fraction of sp³-hybridized carbons (Fsp3) is 0.107. The molecule has 0 spiro atoms. The average Bonchev–Trinajstić information content (AvgIpc) is 2.84. The lowest BCUT2D eigenvalue weighted by molar-refractivity contribution is 0.100. The van der Waals surface area contributed by atoms with E-state index in [0.29, 0.717) is 17.2 Å². The molecule has 0 bridgehead atoms. The van der Waals surface area contributed by atoms with Gasteiger partial charge in [0, 0.05) is 24.6 Å². The van der Waals surface area contributed by atoms with Gasteiger partial charge in [-0.15, -0.1) is 0 Å². The highest BCUT2D eigenvalue weighted by Crippen LogP contribution is 2.24. The van der Waals surface area contributed by atoms with Gasteiger partial charge in [0.15, 0.2) is 0 Å². The van der Waals surface area contributed by atoms with E-state index >= 15 is 0 Å². The van der Waals surface area contributed by atoms with Crippen LogP contribution < -0.4 is 15.8 Å². The zero-order chi connectivity index (χ0) is 22.2. The highest BCUT2D eigenvalue weighted by atomic mass is 16.5. The third kappa shape index (κ3) is 5.62. The van der Waals surface area contributed by atoms with Crippen LogP contribution in [-0.2, 0) is 6.54 Å². The molecule has 0 radical (unpaired) electrons. The third-order valence-electron chi connectivity index (χ3n) is 5.38. The van der Waals surface area contributed by atoms with E-state index in [-0.39, 0.29) is 0 Å². The molecule has 0 aromatic heterocycles. The first kappa shape index (κ1) is 21.3. The van der Waals surface area contributed by atoms with Gasteiger partial charge >= 0.3 is 0 Å². The van der Waals surface area contributed by atoms with Crippen LogP contribution in [0.25, 0.3) is 0 Å². The van der Waals surface area contributed by atoms with Gasteiger partial charge in [-0.05, 0) is 53.1 Å². The summed E-state index contributed by atoms with van der Waals surface area (Å²) in [6.45, 7) is 1.61. The van der Waals surface area contributed by atoms with Crippen molar-refractivity contribution >= 4 is 5.91 Å². The van der Waals surface area contributed by atoms with E-state index in [1.54, 1.807) is 24.3 Å². The van der Waals surface area contributed by atoms with Crippen LogP contribution in [0.2, 0.25) is 0 Å². The summed E-state index contributed by atoms with van der Waals surface area (Å²) >= 11 is 0.